The largest absolute Gasteiger partial charge is 0.423 e. The molecule has 0 fully saturated rings. The first-order chi connectivity index (χ1) is 8.31. The average molecular weight is 291 g/mol. The maximum absolute atomic E-state index is 12.0. The molecule has 0 saturated heterocycles. The number of para-hydroxylation sites is 1. The fourth-order valence-corrected chi connectivity index (χ4v) is 1.98. The molecule has 2 aromatic rings. The molecule has 2 aromatic carbocycles. The van der Waals surface area contributed by atoms with Crippen LogP contribution in [0.4, 0.5) is 0 Å². The van der Waals surface area contributed by atoms with Gasteiger partial charge in [0, 0.05) is 5.33 Å². The summed E-state index contributed by atoms with van der Waals surface area (Å²) in [6, 6.07) is 16.5. The minimum Gasteiger partial charge on any atom is -0.423 e. The summed E-state index contributed by atoms with van der Waals surface area (Å²) >= 11 is 3.35. The van der Waals surface area contributed by atoms with E-state index < -0.39 is 0 Å². The van der Waals surface area contributed by atoms with Crippen LogP contribution >= 0.6 is 15.9 Å². The zero-order valence-electron chi connectivity index (χ0n) is 9.10. The third kappa shape index (κ3) is 2.94. The fraction of sp³-hybridized carbons (Fsp3) is 0.0714. The van der Waals surface area contributed by atoms with Crippen molar-refractivity contribution >= 4 is 21.9 Å². The first kappa shape index (κ1) is 11.9. The predicted octanol–water partition coefficient (Wildman–Crippen LogP) is 3.80. The minimum absolute atomic E-state index is 0.328. The lowest BCUT2D eigenvalue weighted by molar-refractivity contribution is 0.0734. The molecule has 2 nitrogen and oxygen atoms in total. The van der Waals surface area contributed by atoms with Crippen LogP contribution in [0.2, 0.25) is 0 Å². The third-order valence-electron chi connectivity index (χ3n) is 2.33. The number of carbonyl (C=O) groups excluding carboxylic acids is 1. The molecule has 0 radical (unpaired) electrons. The van der Waals surface area contributed by atoms with Crippen LogP contribution in [0.5, 0.6) is 5.75 Å². The van der Waals surface area contributed by atoms with E-state index >= 15 is 0 Å². The number of hydrogen-bond acceptors (Lipinski definition) is 2. The maximum atomic E-state index is 12.0. The lowest BCUT2D eigenvalue weighted by Crippen LogP contribution is -2.10. The van der Waals surface area contributed by atoms with Gasteiger partial charge in [-0.25, -0.2) is 4.79 Å². The van der Waals surface area contributed by atoms with Crippen molar-refractivity contribution in [1.82, 2.24) is 0 Å². The summed E-state index contributed by atoms with van der Waals surface area (Å²) in [6.07, 6.45) is 0. The van der Waals surface area contributed by atoms with Crippen molar-refractivity contribution in [3.8, 4) is 5.75 Å². The van der Waals surface area contributed by atoms with Crippen molar-refractivity contribution in [2.24, 2.45) is 0 Å². The Morgan fingerprint density at radius 3 is 2.35 bits per heavy atom. The van der Waals surface area contributed by atoms with E-state index in [1.807, 2.05) is 36.4 Å². The van der Waals surface area contributed by atoms with Gasteiger partial charge in [-0.3, -0.25) is 0 Å². The monoisotopic (exact) mass is 290 g/mol. The topological polar surface area (TPSA) is 26.3 Å². The van der Waals surface area contributed by atoms with Gasteiger partial charge in [0.2, 0.25) is 0 Å². The molecule has 0 saturated carbocycles. The number of hydrogen-bond donors (Lipinski definition) is 0. The second-order valence-electron chi connectivity index (χ2n) is 3.49. The summed E-state index contributed by atoms with van der Waals surface area (Å²) in [5.74, 6) is 0.230. The number of carbonyl (C=O) groups is 1. The smallest absolute Gasteiger partial charge is 0.343 e. The number of halogens is 1. The van der Waals surface area contributed by atoms with E-state index in [4.69, 9.17) is 4.74 Å². The van der Waals surface area contributed by atoms with E-state index in [1.165, 1.54) is 0 Å². The molecule has 2 rings (SSSR count). The van der Waals surface area contributed by atoms with Crippen molar-refractivity contribution in [2.75, 3.05) is 0 Å². The van der Waals surface area contributed by atoms with Gasteiger partial charge in [-0.15, -0.1) is 0 Å². The summed E-state index contributed by atoms with van der Waals surface area (Å²) in [5, 5.41) is 0.632. The van der Waals surface area contributed by atoms with Gasteiger partial charge in [0.05, 0.1) is 5.56 Å². The van der Waals surface area contributed by atoms with E-state index in [9.17, 15) is 4.79 Å². The Morgan fingerprint density at radius 1 is 1.00 bits per heavy atom. The summed E-state index contributed by atoms with van der Waals surface area (Å²) in [4.78, 5) is 12.0. The highest BCUT2D eigenvalue weighted by Gasteiger charge is 2.11. The Labute approximate surface area is 108 Å². The molecular weight excluding hydrogens is 280 g/mol. The van der Waals surface area contributed by atoms with Gasteiger partial charge in [-0.1, -0.05) is 52.3 Å². The number of rotatable bonds is 3. The molecular formula is C14H11BrO2. The van der Waals surface area contributed by atoms with Gasteiger partial charge < -0.3 is 4.74 Å². The molecule has 0 aromatic heterocycles. The third-order valence-corrected chi connectivity index (χ3v) is 2.94. The van der Waals surface area contributed by atoms with Gasteiger partial charge in [0.25, 0.3) is 0 Å². The van der Waals surface area contributed by atoms with Gasteiger partial charge in [0.15, 0.2) is 0 Å². The molecule has 0 amide bonds. The van der Waals surface area contributed by atoms with Crippen molar-refractivity contribution < 1.29 is 9.53 Å². The Bertz CT molecular complexity index is 509. The van der Waals surface area contributed by atoms with Crippen LogP contribution in [0.15, 0.2) is 54.6 Å². The Morgan fingerprint density at radius 2 is 1.65 bits per heavy atom. The number of alkyl halides is 1. The molecule has 3 heteroatoms. The van der Waals surface area contributed by atoms with E-state index in [0.29, 0.717) is 16.6 Å². The van der Waals surface area contributed by atoms with Gasteiger partial charge in [-0.2, -0.15) is 0 Å². The first-order valence-electron chi connectivity index (χ1n) is 5.22. The number of esters is 1. The van der Waals surface area contributed by atoms with Crippen LogP contribution in [0.3, 0.4) is 0 Å². The van der Waals surface area contributed by atoms with Crippen LogP contribution in [0.25, 0.3) is 0 Å². The Hall–Kier alpha value is -1.61. The van der Waals surface area contributed by atoms with Crippen molar-refractivity contribution in [3.05, 3.63) is 65.7 Å². The van der Waals surface area contributed by atoms with Crippen LogP contribution < -0.4 is 4.74 Å². The molecule has 0 bridgehead atoms. The van der Waals surface area contributed by atoms with E-state index in [0.717, 1.165) is 5.56 Å². The summed E-state index contributed by atoms with van der Waals surface area (Å²) in [5.41, 5.74) is 1.52. The molecule has 86 valence electrons. The van der Waals surface area contributed by atoms with Crippen molar-refractivity contribution in [1.29, 1.82) is 0 Å². The number of ether oxygens (including phenoxy) is 1. The SMILES string of the molecule is O=C(Oc1ccccc1)c1ccccc1CBr. The molecule has 0 aliphatic rings. The minimum atomic E-state index is -0.328. The van der Waals surface area contributed by atoms with E-state index in [1.54, 1.807) is 18.2 Å². The van der Waals surface area contributed by atoms with E-state index in [2.05, 4.69) is 15.9 Å². The first-order valence-corrected chi connectivity index (χ1v) is 6.34. The number of benzene rings is 2. The zero-order valence-corrected chi connectivity index (χ0v) is 10.7. The van der Waals surface area contributed by atoms with Crippen molar-refractivity contribution in [3.63, 3.8) is 0 Å². The molecule has 0 unspecified atom stereocenters. The van der Waals surface area contributed by atoms with Crippen LogP contribution in [-0.4, -0.2) is 5.97 Å². The van der Waals surface area contributed by atoms with Gasteiger partial charge in [0.1, 0.15) is 5.75 Å². The average Bonchev–Trinajstić information content (AvgIpc) is 2.40. The summed E-state index contributed by atoms with van der Waals surface area (Å²) < 4.78 is 5.28. The molecule has 17 heavy (non-hydrogen) atoms. The molecule has 0 spiro atoms. The molecule has 0 aliphatic carbocycles. The summed E-state index contributed by atoms with van der Waals surface area (Å²) in [6.45, 7) is 0. The molecule has 0 atom stereocenters. The van der Waals surface area contributed by atoms with Crippen molar-refractivity contribution in [2.45, 2.75) is 5.33 Å². The normalized spacial score (nSPS) is 9.94. The molecule has 0 aliphatic heterocycles. The predicted molar refractivity (Wildman–Crippen MR) is 70.5 cm³/mol. The lowest BCUT2D eigenvalue weighted by Gasteiger charge is -2.07. The quantitative estimate of drug-likeness (QED) is 0.488. The Kier molecular flexibility index (Phi) is 3.94. The standard InChI is InChI=1S/C14H11BrO2/c15-10-11-6-4-5-9-13(11)14(16)17-12-7-2-1-3-8-12/h1-9H,10H2. The second kappa shape index (κ2) is 5.64. The molecule has 0 heterocycles. The summed E-state index contributed by atoms with van der Waals surface area (Å²) in [7, 11) is 0. The lowest BCUT2D eigenvalue weighted by atomic mass is 10.1. The highest BCUT2D eigenvalue weighted by molar-refractivity contribution is 9.08. The zero-order chi connectivity index (χ0) is 12.1. The highest BCUT2D eigenvalue weighted by Crippen LogP contribution is 2.16. The Balaban J connectivity index is 2.20. The fourth-order valence-electron chi connectivity index (χ4n) is 1.49. The highest BCUT2D eigenvalue weighted by atomic mass is 79.9. The molecule has 0 N–H and O–H groups in total. The second-order valence-corrected chi connectivity index (χ2v) is 4.05. The van der Waals surface area contributed by atoms with Crippen LogP contribution in [0, 0.1) is 0 Å². The van der Waals surface area contributed by atoms with Crippen LogP contribution in [-0.2, 0) is 5.33 Å². The van der Waals surface area contributed by atoms with Gasteiger partial charge >= 0.3 is 5.97 Å². The van der Waals surface area contributed by atoms with Gasteiger partial charge in [-0.05, 0) is 23.8 Å². The van der Waals surface area contributed by atoms with E-state index in [-0.39, 0.29) is 5.97 Å². The van der Waals surface area contributed by atoms with Crippen LogP contribution in [0.1, 0.15) is 15.9 Å². The maximum Gasteiger partial charge on any atom is 0.343 e.